The summed E-state index contributed by atoms with van der Waals surface area (Å²) >= 11 is 0. The summed E-state index contributed by atoms with van der Waals surface area (Å²) in [5, 5.41) is 28.5. The van der Waals surface area contributed by atoms with E-state index in [4.69, 9.17) is 9.47 Å². The number of fused-ring (bicyclic) bond motifs is 1. The molecule has 1 aliphatic rings. The molecule has 5 rings (SSSR count). The predicted molar refractivity (Wildman–Crippen MR) is 139 cm³/mol. The number of methoxy groups -OCH3 is 2. The molecule has 8 nitrogen and oxygen atoms in total. The second-order valence-corrected chi connectivity index (χ2v) is 9.27. The highest BCUT2D eigenvalue weighted by molar-refractivity contribution is 6.00. The normalized spacial score (nSPS) is 14.6. The van der Waals surface area contributed by atoms with Crippen LogP contribution in [0.2, 0.25) is 0 Å². The summed E-state index contributed by atoms with van der Waals surface area (Å²) in [6.45, 7) is 4.21. The summed E-state index contributed by atoms with van der Waals surface area (Å²) in [7, 11) is 3.18. The van der Waals surface area contributed by atoms with Gasteiger partial charge in [-0.2, -0.15) is 5.10 Å². The number of nitrogens with one attached hydrogen (secondary N) is 1. The Kier molecular flexibility index (Phi) is 6.25. The van der Waals surface area contributed by atoms with Crippen LogP contribution in [-0.4, -0.2) is 52.0 Å². The molecule has 2 heterocycles. The number of aromatic amines is 1. The van der Waals surface area contributed by atoms with Crippen LogP contribution >= 0.6 is 0 Å². The quantitative estimate of drug-likeness (QED) is 0.334. The van der Waals surface area contributed by atoms with Gasteiger partial charge in [-0.1, -0.05) is 24.3 Å². The van der Waals surface area contributed by atoms with Gasteiger partial charge in [-0.05, 0) is 72.9 Å². The number of aromatic hydroxyl groups is 2. The zero-order chi connectivity index (χ0) is 26.3. The smallest absolute Gasteiger partial charge is 0.273 e. The first-order chi connectivity index (χ1) is 17.8. The maximum atomic E-state index is 13.7. The monoisotopic (exact) mass is 499 g/mol. The highest BCUT2D eigenvalue weighted by Crippen LogP contribution is 2.45. The van der Waals surface area contributed by atoms with Crippen molar-refractivity contribution in [1.82, 2.24) is 15.1 Å². The van der Waals surface area contributed by atoms with Gasteiger partial charge in [0, 0.05) is 17.7 Å². The van der Waals surface area contributed by atoms with Crippen LogP contribution < -0.4 is 9.47 Å². The number of rotatable bonds is 7. The molecular weight excluding hydrogens is 470 g/mol. The number of phenolic OH excluding ortho intramolecular Hbond substituents is 2. The molecule has 4 aromatic rings. The van der Waals surface area contributed by atoms with Crippen molar-refractivity contribution in [3.63, 3.8) is 0 Å². The lowest BCUT2D eigenvalue weighted by atomic mass is 9.94. The largest absolute Gasteiger partial charge is 0.508 e. The molecule has 0 fully saturated rings. The van der Waals surface area contributed by atoms with Crippen LogP contribution in [0, 0.1) is 13.8 Å². The molecule has 0 radical (unpaired) electrons. The molecule has 0 saturated carbocycles. The van der Waals surface area contributed by atoms with Gasteiger partial charge in [0.05, 0.1) is 20.3 Å². The van der Waals surface area contributed by atoms with Gasteiger partial charge in [0.1, 0.15) is 22.9 Å². The van der Waals surface area contributed by atoms with Crippen molar-refractivity contribution in [3.05, 3.63) is 88.1 Å². The Morgan fingerprint density at radius 3 is 2.51 bits per heavy atom. The van der Waals surface area contributed by atoms with Crippen molar-refractivity contribution in [3.8, 4) is 34.3 Å². The second-order valence-electron chi connectivity index (χ2n) is 9.27. The summed E-state index contributed by atoms with van der Waals surface area (Å²) in [5.41, 5.74) is 5.61. The van der Waals surface area contributed by atoms with E-state index in [1.165, 1.54) is 0 Å². The molecule has 1 atom stereocenters. The number of ether oxygens (including phenoxy) is 2. The first-order valence-electron chi connectivity index (χ1n) is 12.0. The van der Waals surface area contributed by atoms with Gasteiger partial charge in [-0.3, -0.25) is 9.89 Å². The lowest BCUT2D eigenvalue weighted by molar-refractivity contribution is 0.0745. The Labute approximate surface area is 215 Å². The number of amides is 1. The number of phenols is 2. The molecule has 8 heteroatoms. The Morgan fingerprint density at radius 1 is 1.00 bits per heavy atom. The third-order valence-corrected chi connectivity index (χ3v) is 6.84. The molecule has 37 heavy (non-hydrogen) atoms. The van der Waals surface area contributed by atoms with Gasteiger partial charge in [-0.15, -0.1) is 0 Å². The molecule has 3 N–H and O–H groups in total. The van der Waals surface area contributed by atoms with Crippen LogP contribution in [-0.2, 0) is 6.42 Å². The van der Waals surface area contributed by atoms with Gasteiger partial charge < -0.3 is 24.6 Å². The van der Waals surface area contributed by atoms with Crippen molar-refractivity contribution in [2.24, 2.45) is 0 Å². The predicted octanol–water partition coefficient (Wildman–Crippen LogP) is 4.91. The first kappa shape index (κ1) is 24.2. The second kappa shape index (κ2) is 9.54. The highest BCUT2D eigenvalue weighted by Gasteiger charge is 2.42. The molecule has 190 valence electrons. The van der Waals surface area contributed by atoms with E-state index < -0.39 is 6.04 Å². The average molecular weight is 500 g/mol. The van der Waals surface area contributed by atoms with Crippen LogP contribution in [0.25, 0.3) is 11.3 Å². The summed E-state index contributed by atoms with van der Waals surface area (Å²) in [6, 6.07) is 15.9. The number of benzene rings is 3. The van der Waals surface area contributed by atoms with E-state index in [1.54, 1.807) is 37.3 Å². The van der Waals surface area contributed by atoms with Crippen LogP contribution in [0.15, 0.2) is 54.6 Å². The van der Waals surface area contributed by atoms with Crippen LogP contribution in [0.3, 0.4) is 0 Å². The molecule has 0 bridgehead atoms. The van der Waals surface area contributed by atoms with Crippen molar-refractivity contribution in [2.45, 2.75) is 26.3 Å². The minimum Gasteiger partial charge on any atom is -0.508 e. The minimum absolute atomic E-state index is 0.109. The number of hydrogen-bond acceptors (Lipinski definition) is 6. The number of nitrogens with zero attached hydrogens (tertiary/aromatic N) is 2. The summed E-state index contributed by atoms with van der Waals surface area (Å²) in [6.07, 6.45) is 0.573. The molecule has 3 aromatic carbocycles. The summed E-state index contributed by atoms with van der Waals surface area (Å²) < 4.78 is 10.8. The Morgan fingerprint density at radius 2 is 1.78 bits per heavy atom. The summed E-state index contributed by atoms with van der Waals surface area (Å²) in [5.74, 6) is 1.31. The van der Waals surface area contributed by atoms with Crippen molar-refractivity contribution in [2.75, 3.05) is 20.8 Å². The van der Waals surface area contributed by atoms with Crippen LogP contribution in [0.5, 0.6) is 23.0 Å². The van der Waals surface area contributed by atoms with Crippen molar-refractivity contribution in [1.29, 1.82) is 0 Å². The molecule has 0 aliphatic carbocycles. The lowest BCUT2D eigenvalue weighted by Crippen LogP contribution is -2.31. The van der Waals surface area contributed by atoms with E-state index in [1.807, 2.05) is 50.2 Å². The Balaban J connectivity index is 1.57. The van der Waals surface area contributed by atoms with Crippen LogP contribution in [0.4, 0.5) is 0 Å². The fourth-order valence-electron chi connectivity index (χ4n) is 5.10. The van der Waals surface area contributed by atoms with E-state index in [0.29, 0.717) is 47.0 Å². The molecule has 1 aromatic heterocycles. The molecule has 0 saturated heterocycles. The zero-order valence-corrected chi connectivity index (χ0v) is 21.2. The van der Waals surface area contributed by atoms with E-state index in [0.717, 1.165) is 22.3 Å². The Hall–Kier alpha value is -4.46. The van der Waals surface area contributed by atoms with E-state index >= 15 is 0 Å². The first-order valence-corrected chi connectivity index (χ1v) is 12.0. The van der Waals surface area contributed by atoms with Gasteiger partial charge in [0.25, 0.3) is 5.91 Å². The molecule has 1 aliphatic heterocycles. The van der Waals surface area contributed by atoms with Crippen molar-refractivity contribution >= 4 is 5.91 Å². The SMILES string of the molecule is COc1ccc(CCN2C(=O)c3[nH]nc(-c4cc(C)cc(C)c4O)c3C2c2cccc(O)c2)cc1OC. The fourth-order valence-corrected chi connectivity index (χ4v) is 5.10. The van der Waals surface area contributed by atoms with Gasteiger partial charge in [-0.25, -0.2) is 0 Å². The maximum Gasteiger partial charge on any atom is 0.273 e. The summed E-state index contributed by atoms with van der Waals surface area (Å²) in [4.78, 5) is 15.4. The molecule has 1 amide bonds. The third-order valence-electron chi connectivity index (χ3n) is 6.84. The van der Waals surface area contributed by atoms with E-state index in [2.05, 4.69) is 10.2 Å². The van der Waals surface area contributed by atoms with Gasteiger partial charge in [0.15, 0.2) is 11.5 Å². The average Bonchev–Trinajstić information content (AvgIpc) is 3.43. The van der Waals surface area contributed by atoms with Gasteiger partial charge in [0.2, 0.25) is 0 Å². The number of H-pyrrole nitrogens is 1. The van der Waals surface area contributed by atoms with Crippen LogP contribution in [0.1, 0.15) is 44.3 Å². The number of hydrogen-bond donors (Lipinski definition) is 3. The number of carbonyl (C=O) groups excluding carboxylic acids is 1. The fraction of sp³-hybridized carbons (Fsp3) is 0.241. The minimum atomic E-state index is -0.497. The standard InChI is InChI=1S/C29H29N3O5/c1-16-12-17(2)28(34)21(13-16)25-24-26(31-30-25)29(35)32(27(24)19-6-5-7-20(33)15-19)11-10-18-8-9-22(36-3)23(14-18)37-4/h5-9,12-15,27,33-34H,10-11H2,1-4H3,(H,30,31). The number of aryl methyl sites for hydroxylation is 2. The topological polar surface area (TPSA) is 108 Å². The van der Waals surface area contributed by atoms with E-state index in [9.17, 15) is 15.0 Å². The maximum absolute atomic E-state index is 13.7. The van der Waals surface area contributed by atoms with Gasteiger partial charge >= 0.3 is 0 Å². The molecule has 0 spiro atoms. The molecular formula is C29H29N3O5. The Bertz CT molecular complexity index is 1490. The number of carbonyl (C=O) groups is 1. The lowest BCUT2D eigenvalue weighted by Gasteiger charge is -2.27. The number of aromatic nitrogens is 2. The third kappa shape index (κ3) is 4.24. The van der Waals surface area contributed by atoms with E-state index in [-0.39, 0.29) is 17.4 Å². The highest BCUT2D eigenvalue weighted by atomic mass is 16.5. The zero-order valence-electron chi connectivity index (χ0n) is 21.2. The molecule has 1 unspecified atom stereocenters. The van der Waals surface area contributed by atoms with Crippen molar-refractivity contribution < 1.29 is 24.5 Å².